The fraction of sp³-hybridized carbons (Fsp3) is 0.182. The minimum Gasteiger partial charge on any atom is -0.399 e. The van der Waals surface area contributed by atoms with Crippen molar-refractivity contribution in [3.63, 3.8) is 0 Å². The van der Waals surface area contributed by atoms with Crippen molar-refractivity contribution in [2.24, 2.45) is 0 Å². The van der Waals surface area contributed by atoms with Gasteiger partial charge < -0.3 is 5.73 Å². The molecule has 0 aliphatic rings. The molecule has 0 radical (unpaired) electrons. The van der Waals surface area contributed by atoms with Crippen LogP contribution in [0.15, 0.2) is 29.1 Å². The Balaban J connectivity index is 2.59. The zero-order chi connectivity index (χ0) is 11.0. The number of hydrogen-bond donors (Lipinski definition) is 2. The third kappa shape index (κ3) is 1.54. The first-order chi connectivity index (χ1) is 7.09. The largest absolute Gasteiger partial charge is 0.399 e. The molecule has 0 aliphatic heterocycles. The minimum absolute atomic E-state index is 0.0516. The Hall–Kier alpha value is -1.97. The van der Waals surface area contributed by atoms with Crippen LogP contribution in [0, 0.1) is 13.8 Å². The number of nitrogens with zero attached hydrogens (tertiary/aromatic N) is 1. The van der Waals surface area contributed by atoms with E-state index in [0.717, 1.165) is 16.9 Å². The summed E-state index contributed by atoms with van der Waals surface area (Å²) in [6.45, 7) is 3.71. The summed E-state index contributed by atoms with van der Waals surface area (Å²) >= 11 is 0. The van der Waals surface area contributed by atoms with Crippen molar-refractivity contribution in [2.45, 2.75) is 13.8 Å². The zero-order valence-corrected chi connectivity index (χ0v) is 8.74. The Morgan fingerprint density at radius 3 is 2.27 bits per heavy atom. The van der Waals surface area contributed by atoms with Crippen molar-refractivity contribution >= 4 is 5.69 Å². The fourth-order valence-corrected chi connectivity index (χ4v) is 1.48. The Bertz CT molecular complexity index is 534. The van der Waals surface area contributed by atoms with Crippen molar-refractivity contribution in [1.29, 1.82) is 0 Å². The van der Waals surface area contributed by atoms with E-state index in [1.54, 1.807) is 4.68 Å². The molecule has 0 spiro atoms. The van der Waals surface area contributed by atoms with Gasteiger partial charge in [0.15, 0.2) is 0 Å². The topological polar surface area (TPSA) is 63.8 Å². The summed E-state index contributed by atoms with van der Waals surface area (Å²) in [5, 5.41) is 2.77. The molecule has 3 N–H and O–H groups in total. The number of nitrogens with two attached hydrogens (primary N) is 1. The Morgan fingerprint density at radius 1 is 1.20 bits per heavy atom. The molecule has 2 aromatic rings. The highest BCUT2D eigenvalue weighted by Crippen LogP contribution is 2.12. The lowest BCUT2D eigenvalue weighted by molar-refractivity contribution is 0.834. The van der Waals surface area contributed by atoms with Crippen molar-refractivity contribution in [3.8, 4) is 5.69 Å². The van der Waals surface area contributed by atoms with Crippen LogP contribution in [0.5, 0.6) is 0 Å². The van der Waals surface area contributed by atoms with E-state index in [1.807, 2.05) is 38.1 Å². The van der Waals surface area contributed by atoms with Crippen LogP contribution in [0.3, 0.4) is 0 Å². The number of aromatic nitrogens is 2. The molecule has 4 nitrogen and oxygen atoms in total. The van der Waals surface area contributed by atoms with E-state index in [0.29, 0.717) is 5.69 Å². The van der Waals surface area contributed by atoms with Crippen LogP contribution in [0.2, 0.25) is 0 Å². The summed E-state index contributed by atoms with van der Waals surface area (Å²) in [5.74, 6) is 0. The first-order valence-electron chi connectivity index (χ1n) is 4.73. The number of aromatic amines is 1. The number of H-pyrrole nitrogens is 1. The normalized spacial score (nSPS) is 10.5. The molecule has 0 bridgehead atoms. The first kappa shape index (κ1) is 9.58. The van der Waals surface area contributed by atoms with Gasteiger partial charge in [-0.3, -0.25) is 14.6 Å². The average molecular weight is 203 g/mol. The second kappa shape index (κ2) is 3.31. The van der Waals surface area contributed by atoms with Gasteiger partial charge in [-0.25, -0.2) is 0 Å². The van der Waals surface area contributed by atoms with Crippen LogP contribution in [0.1, 0.15) is 11.3 Å². The third-order valence-electron chi connectivity index (χ3n) is 2.58. The lowest BCUT2D eigenvalue weighted by Crippen LogP contribution is -2.05. The molecular formula is C11H13N3O. The SMILES string of the molecule is Cc1c(C)n(-c2ccc(N)cc2)[nH]c1=O. The Kier molecular flexibility index (Phi) is 2.11. The van der Waals surface area contributed by atoms with E-state index >= 15 is 0 Å². The quantitative estimate of drug-likeness (QED) is 0.687. The molecule has 1 aromatic heterocycles. The third-order valence-corrected chi connectivity index (χ3v) is 2.58. The van der Waals surface area contributed by atoms with E-state index in [9.17, 15) is 4.79 Å². The predicted octanol–water partition coefficient (Wildman–Crippen LogP) is 1.36. The highest BCUT2D eigenvalue weighted by atomic mass is 16.1. The van der Waals surface area contributed by atoms with Crippen LogP contribution < -0.4 is 11.3 Å². The van der Waals surface area contributed by atoms with E-state index in [2.05, 4.69) is 5.10 Å². The second-order valence-electron chi connectivity index (χ2n) is 3.58. The highest BCUT2D eigenvalue weighted by Gasteiger charge is 2.07. The van der Waals surface area contributed by atoms with Gasteiger partial charge in [0.2, 0.25) is 0 Å². The average Bonchev–Trinajstić information content (AvgIpc) is 2.47. The molecular weight excluding hydrogens is 190 g/mol. The van der Waals surface area contributed by atoms with Gasteiger partial charge in [0, 0.05) is 16.9 Å². The molecule has 0 saturated carbocycles. The number of nitrogen functional groups attached to an aromatic ring is 1. The molecule has 1 heterocycles. The summed E-state index contributed by atoms with van der Waals surface area (Å²) in [4.78, 5) is 11.4. The van der Waals surface area contributed by atoms with Gasteiger partial charge in [-0.1, -0.05) is 0 Å². The van der Waals surface area contributed by atoms with Crippen LogP contribution >= 0.6 is 0 Å². The smallest absolute Gasteiger partial charge is 0.267 e. The van der Waals surface area contributed by atoms with Gasteiger partial charge in [0.1, 0.15) is 0 Å². The van der Waals surface area contributed by atoms with Gasteiger partial charge in [-0.05, 0) is 38.1 Å². The lowest BCUT2D eigenvalue weighted by atomic mass is 10.2. The number of benzene rings is 1. The summed E-state index contributed by atoms with van der Waals surface area (Å²) < 4.78 is 1.76. The fourth-order valence-electron chi connectivity index (χ4n) is 1.48. The standard InChI is InChI=1S/C11H13N3O/c1-7-8(2)14(13-11(7)15)10-5-3-9(12)4-6-10/h3-6H,12H2,1-2H3,(H,13,15). The van der Waals surface area contributed by atoms with Crippen molar-refractivity contribution in [2.75, 3.05) is 5.73 Å². The van der Waals surface area contributed by atoms with Gasteiger partial charge >= 0.3 is 0 Å². The Labute approximate surface area is 87.3 Å². The summed E-state index contributed by atoms with van der Waals surface area (Å²) in [7, 11) is 0. The molecule has 4 heteroatoms. The van der Waals surface area contributed by atoms with Crippen LogP contribution in [-0.2, 0) is 0 Å². The first-order valence-corrected chi connectivity index (χ1v) is 4.73. The van der Waals surface area contributed by atoms with Gasteiger partial charge in [-0.15, -0.1) is 0 Å². The minimum atomic E-state index is -0.0516. The molecule has 1 aromatic carbocycles. The molecule has 0 fully saturated rings. The highest BCUT2D eigenvalue weighted by molar-refractivity contribution is 5.45. The van der Waals surface area contributed by atoms with E-state index in [1.165, 1.54) is 0 Å². The van der Waals surface area contributed by atoms with E-state index in [4.69, 9.17) is 5.73 Å². The maximum atomic E-state index is 11.4. The number of anilines is 1. The number of rotatable bonds is 1. The van der Waals surface area contributed by atoms with E-state index in [-0.39, 0.29) is 5.56 Å². The second-order valence-corrected chi connectivity index (χ2v) is 3.58. The van der Waals surface area contributed by atoms with Crippen molar-refractivity contribution < 1.29 is 0 Å². The number of nitrogens with one attached hydrogen (secondary N) is 1. The summed E-state index contributed by atoms with van der Waals surface area (Å²) in [6, 6.07) is 7.36. The van der Waals surface area contributed by atoms with Crippen LogP contribution in [-0.4, -0.2) is 9.78 Å². The molecule has 2 rings (SSSR count). The molecule has 0 atom stereocenters. The number of hydrogen-bond acceptors (Lipinski definition) is 2. The van der Waals surface area contributed by atoms with E-state index < -0.39 is 0 Å². The predicted molar refractivity (Wildman–Crippen MR) is 60.3 cm³/mol. The molecule has 0 saturated heterocycles. The molecule has 0 unspecified atom stereocenters. The van der Waals surface area contributed by atoms with Crippen molar-refractivity contribution in [1.82, 2.24) is 9.78 Å². The maximum Gasteiger partial charge on any atom is 0.267 e. The van der Waals surface area contributed by atoms with Gasteiger partial charge in [-0.2, -0.15) is 0 Å². The molecule has 0 amide bonds. The van der Waals surface area contributed by atoms with Crippen LogP contribution in [0.4, 0.5) is 5.69 Å². The van der Waals surface area contributed by atoms with Gasteiger partial charge in [0.25, 0.3) is 5.56 Å². The molecule has 0 aliphatic carbocycles. The molecule has 15 heavy (non-hydrogen) atoms. The zero-order valence-electron chi connectivity index (χ0n) is 8.74. The monoisotopic (exact) mass is 203 g/mol. The lowest BCUT2D eigenvalue weighted by Gasteiger charge is -2.05. The Morgan fingerprint density at radius 2 is 1.80 bits per heavy atom. The van der Waals surface area contributed by atoms with Gasteiger partial charge in [0.05, 0.1) is 5.69 Å². The molecule has 78 valence electrons. The van der Waals surface area contributed by atoms with Crippen LogP contribution in [0.25, 0.3) is 5.69 Å². The summed E-state index contributed by atoms with van der Waals surface area (Å²) in [6.07, 6.45) is 0. The maximum absolute atomic E-state index is 11.4. The van der Waals surface area contributed by atoms with Crippen molar-refractivity contribution in [3.05, 3.63) is 45.9 Å². The summed E-state index contributed by atoms with van der Waals surface area (Å²) in [5.41, 5.74) is 8.83.